The van der Waals surface area contributed by atoms with Crippen LogP contribution in [0.5, 0.6) is 5.88 Å². The first-order valence-electron chi connectivity index (χ1n) is 12.0. The van der Waals surface area contributed by atoms with Gasteiger partial charge in [-0.25, -0.2) is 13.5 Å². The molecular weight excluding hydrogens is 470 g/mol. The van der Waals surface area contributed by atoms with E-state index in [9.17, 15) is 13.6 Å². The number of carbonyl (C=O) groups excluding carboxylic acids is 1. The van der Waals surface area contributed by atoms with Gasteiger partial charge in [-0.15, -0.1) is 5.10 Å². The Kier molecular flexibility index (Phi) is 5.27. The fourth-order valence-corrected chi connectivity index (χ4v) is 5.56. The molecule has 0 spiro atoms. The zero-order valence-corrected chi connectivity index (χ0v) is 20.0. The maximum Gasteiger partial charge on any atom is 0.258 e. The number of alkyl halides is 2. The first-order valence-corrected chi connectivity index (χ1v) is 12.0. The van der Waals surface area contributed by atoms with Crippen LogP contribution in [0.1, 0.15) is 32.6 Å². The van der Waals surface area contributed by atoms with Crippen LogP contribution in [0, 0.1) is 0 Å². The van der Waals surface area contributed by atoms with E-state index in [4.69, 9.17) is 4.74 Å². The topological polar surface area (TPSA) is 114 Å². The van der Waals surface area contributed by atoms with Gasteiger partial charge in [0.1, 0.15) is 17.7 Å². The predicted octanol–water partition coefficient (Wildman–Crippen LogP) is 3.60. The van der Waals surface area contributed by atoms with Gasteiger partial charge in [-0.2, -0.15) is 9.97 Å². The molecule has 0 bridgehead atoms. The van der Waals surface area contributed by atoms with Crippen molar-refractivity contribution < 1.29 is 18.3 Å². The number of hydrogen-bond acceptors (Lipinski definition) is 7. The molecule has 4 aromatic rings. The van der Waals surface area contributed by atoms with Gasteiger partial charge in [0.05, 0.1) is 18.0 Å². The number of halogens is 2. The number of nitrogens with zero attached hydrogens (tertiary/aromatic N) is 6. The molecule has 0 unspecified atom stereocenters. The number of amides is 1. The van der Waals surface area contributed by atoms with Crippen LogP contribution in [0.4, 0.5) is 14.7 Å². The summed E-state index contributed by atoms with van der Waals surface area (Å²) in [4.78, 5) is 26.6. The van der Waals surface area contributed by atoms with Crippen molar-refractivity contribution in [1.82, 2.24) is 34.8 Å². The number of H-pyrrole nitrogens is 1. The monoisotopic (exact) mass is 496 g/mol. The Morgan fingerprint density at radius 2 is 2.14 bits per heavy atom. The number of anilines is 1. The van der Waals surface area contributed by atoms with Gasteiger partial charge in [0.2, 0.25) is 17.7 Å². The summed E-state index contributed by atoms with van der Waals surface area (Å²) in [6.45, 7) is 2.44. The molecule has 36 heavy (non-hydrogen) atoms. The summed E-state index contributed by atoms with van der Waals surface area (Å²) in [5.74, 6) is 1.08. The van der Waals surface area contributed by atoms with Gasteiger partial charge in [0.25, 0.3) is 6.43 Å². The minimum Gasteiger partial charge on any atom is -0.480 e. The maximum absolute atomic E-state index is 13.0. The highest BCUT2D eigenvalue weighted by molar-refractivity contribution is 5.99. The number of methoxy groups -OCH3 is 1. The zero-order chi connectivity index (χ0) is 25.0. The first-order chi connectivity index (χ1) is 17.3. The predicted molar refractivity (Wildman–Crippen MR) is 129 cm³/mol. The third-order valence-electron chi connectivity index (χ3n) is 7.26. The lowest BCUT2D eigenvalue weighted by molar-refractivity contribution is -0.136. The molecule has 2 aliphatic rings. The molecule has 1 aromatic carbocycles. The molecule has 1 saturated heterocycles. The summed E-state index contributed by atoms with van der Waals surface area (Å²) < 4.78 is 32.7. The van der Waals surface area contributed by atoms with E-state index in [1.807, 2.05) is 11.0 Å². The number of hydrogen-bond donors (Lipinski definition) is 2. The van der Waals surface area contributed by atoms with E-state index in [-0.39, 0.29) is 17.5 Å². The number of aromatic amines is 1. The summed E-state index contributed by atoms with van der Waals surface area (Å²) in [6, 6.07) is 5.54. The molecule has 188 valence electrons. The molecule has 3 aromatic heterocycles. The Morgan fingerprint density at radius 3 is 2.86 bits per heavy atom. The van der Waals surface area contributed by atoms with Crippen molar-refractivity contribution in [2.45, 2.75) is 57.2 Å². The van der Waals surface area contributed by atoms with E-state index in [0.29, 0.717) is 40.3 Å². The number of benzene rings is 1. The molecule has 1 amide bonds. The number of rotatable bonds is 7. The Morgan fingerprint density at radius 1 is 1.31 bits per heavy atom. The largest absolute Gasteiger partial charge is 0.480 e. The maximum atomic E-state index is 13.0. The Balaban J connectivity index is 1.27. The lowest BCUT2D eigenvalue weighted by Gasteiger charge is -2.51. The van der Waals surface area contributed by atoms with E-state index in [1.54, 1.807) is 25.4 Å². The number of fused-ring (bicyclic) bond motifs is 2. The summed E-state index contributed by atoms with van der Waals surface area (Å²) in [7, 11) is 1.55. The van der Waals surface area contributed by atoms with Crippen molar-refractivity contribution in [2.75, 3.05) is 19.0 Å². The second-order valence-electron chi connectivity index (χ2n) is 9.74. The third kappa shape index (κ3) is 3.71. The summed E-state index contributed by atoms with van der Waals surface area (Å²) >= 11 is 0. The van der Waals surface area contributed by atoms with Crippen molar-refractivity contribution in [3.63, 3.8) is 0 Å². The van der Waals surface area contributed by atoms with Crippen molar-refractivity contribution in [1.29, 1.82) is 0 Å². The van der Waals surface area contributed by atoms with Gasteiger partial charge in [-0.05, 0) is 43.9 Å². The third-order valence-corrected chi connectivity index (χ3v) is 7.26. The van der Waals surface area contributed by atoms with Crippen molar-refractivity contribution in [3.8, 4) is 17.0 Å². The van der Waals surface area contributed by atoms with Crippen LogP contribution in [-0.4, -0.2) is 72.4 Å². The quantitative estimate of drug-likeness (QED) is 0.402. The van der Waals surface area contributed by atoms with Gasteiger partial charge in [0.15, 0.2) is 0 Å². The second-order valence-corrected chi connectivity index (χ2v) is 9.74. The normalized spacial score (nSPS) is 22.1. The lowest BCUT2D eigenvalue weighted by Crippen LogP contribution is -2.59. The van der Waals surface area contributed by atoms with Crippen molar-refractivity contribution >= 4 is 33.9 Å². The van der Waals surface area contributed by atoms with E-state index in [2.05, 4.69) is 37.5 Å². The van der Waals surface area contributed by atoms with Gasteiger partial charge >= 0.3 is 0 Å². The molecule has 10 nitrogen and oxygen atoms in total. The average Bonchev–Trinajstić information content (AvgIpc) is 3.55. The van der Waals surface area contributed by atoms with Crippen LogP contribution in [0.3, 0.4) is 0 Å². The van der Waals surface area contributed by atoms with Crippen molar-refractivity contribution in [3.05, 3.63) is 24.4 Å². The van der Waals surface area contributed by atoms with Gasteiger partial charge in [-0.1, -0.05) is 11.3 Å². The van der Waals surface area contributed by atoms with Crippen LogP contribution in [0.2, 0.25) is 0 Å². The molecule has 12 heteroatoms. The lowest BCUT2D eigenvalue weighted by atomic mass is 9.73. The average molecular weight is 497 g/mol. The fraction of sp³-hybridized carbons (Fsp3) is 0.458. The van der Waals surface area contributed by atoms with E-state index < -0.39 is 13.0 Å². The minimum atomic E-state index is -2.53. The van der Waals surface area contributed by atoms with Crippen LogP contribution in [-0.2, 0) is 11.3 Å². The second kappa shape index (κ2) is 8.38. The Labute approximate surface area is 205 Å². The SMILES string of the molecule is COc1nc(N[C@H]2C[C@@](C)(N3CCCC3=O)C2)nc2[nH]cc(-c3ccc4nnn(CC(F)F)c4c3)c12. The molecule has 1 saturated carbocycles. The molecule has 2 fully saturated rings. The molecule has 1 aliphatic heterocycles. The number of likely N-dealkylation sites (tertiary alicyclic amines) is 1. The first kappa shape index (κ1) is 22.6. The van der Waals surface area contributed by atoms with Crippen LogP contribution < -0.4 is 10.1 Å². The Hall–Kier alpha value is -3.83. The number of ether oxygens (including phenoxy) is 1. The molecule has 4 heterocycles. The molecule has 0 radical (unpaired) electrons. The summed E-state index contributed by atoms with van der Waals surface area (Å²) in [5.41, 5.74) is 3.09. The Bertz CT molecular complexity index is 1460. The minimum absolute atomic E-state index is 0.122. The molecule has 2 N–H and O–H groups in total. The highest BCUT2D eigenvalue weighted by atomic mass is 19.3. The zero-order valence-electron chi connectivity index (χ0n) is 20.0. The van der Waals surface area contributed by atoms with E-state index in [1.165, 1.54) is 4.68 Å². The highest BCUT2D eigenvalue weighted by Gasteiger charge is 2.48. The van der Waals surface area contributed by atoms with Crippen LogP contribution in [0.25, 0.3) is 33.2 Å². The van der Waals surface area contributed by atoms with Crippen LogP contribution >= 0.6 is 0 Å². The number of aromatic nitrogens is 6. The van der Waals surface area contributed by atoms with Gasteiger partial charge < -0.3 is 19.9 Å². The van der Waals surface area contributed by atoms with Crippen molar-refractivity contribution in [2.24, 2.45) is 0 Å². The molecule has 6 rings (SSSR count). The van der Waals surface area contributed by atoms with E-state index >= 15 is 0 Å². The highest BCUT2D eigenvalue weighted by Crippen LogP contribution is 2.42. The standard InChI is InChI=1S/C24H26F2N8O2/c1-24(33-7-3-4-19(33)35)9-14(10-24)28-23-29-21-20(22(30-23)36-2)15(11-27-21)13-5-6-16-17(8-13)34(32-31-16)12-18(25)26/h5-6,8,11,14,18H,3-4,7,9-10,12H2,1-2H3,(H2,27,28,29,30)/t14-,24+. The van der Waals surface area contributed by atoms with Gasteiger partial charge in [0, 0.05) is 36.3 Å². The fourth-order valence-electron chi connectivity index (χ4n) is 5.56. The smallest absolute Gasteiger partial charge is 0.258 e. The number of nitrogens with one attached hydrogen (secondary N) is 2. The molecule has 0 atom stereocenters. The summed E-state index contributed by atoms with van der Waals surface area (Å²) in [6.07, 6.45) is 2.50. The number of carbonyl (C=O) groups is 1. The molecule has 1 aliphatic carbocycles. The molecular formula is C24H26F2N8O2. The van der Waals surface area contributed by atoms with Gasteiger partial charge in [-0.3, -0.25) is 4.79 Å². The summed E-state index contributed by atoms with van der Waals surface area (Å²) in [5, 5.41) is 11.9. The van der Waals surface area contributed by atoms with Crippen LogP contribution in [0.15, 0.2) is 24.4 Å². The van der Waals surface area contributed by atoms with E-state index in [0.717, 1.165) is 36.9 Å².